The summed E-state index contributed by atoms with van der Waals surface area (Å²) in [6.07, 6.45) is 1.80. The number of thioether (sulfide) groups is 1. The van der Waals surface area contributed by atoms with E-state index in [0.717, 1.165) is 22.3 Å². The number of allylic oxidation sites excluding steroid dienone is 1. The molecule has 3 aromatic rings. The Balaban J connectivity index is 1.89. The van der Waals surface area contributed by atoms with Crippen molar-refractivity contribution in [2.24, 2.45) is 0 Å². The Hall–Kier alpha value is -2.91. The standard InChI is InChI=1S/C20H19N3O2S/c1-3-24-15-10-9-14(19(12-15)25-4-2)11-16(13-21)26-20-22-17-7-5-6-8-18(17)23-20/h5-12H,3-4H2,1-2H3,(H,22,23)/b16-11-. The van der Waals surface area contributed by atoms with E-state index >= 15 is 0 Å². The van der Waals surface area contributed by atoms with Crippen LogP contribution in [0.5, 0.6) is 11.5 Å². The van der Waals surface area contributed by atoms with Gasteiger partial charge in [-0.05, 0) is 56.0 Å². The molecule has 0 unspecified atom stereocenters. The second-order valence-electron chi connectivity index (χ2n) is 5.35. The molecule has 0 saturated carbocycles. The van der Waals surface area contributed by atoms with Gasteiger partial charge in [0.1, 0.15) is 17.6 Å². The molecule has 26 heavy (non-hydrogen) atoms. The number of aromatic amines is 1. The molecular weight excluding hydrogens is 346 g/mol. The Morgan fingerprint density at radius 2 is 2.00 bits per heavy atom. The topological polar surface area (TPSA) is 70.9 Å². The second-order valence-corrected chi connectivity index (χ2v) is 6.38. The van der Waals surface area contributed by atoms with Crippen molar-refractivity contribution >= 4 is 28.9 Å². The SMILES string of the molecule is CCOc1ccc(/C=C(/C#N)Sc2nc3ccccc3[nH]2)c(OCC)c1. The fourth-order valence-corrected chi connectivity index (χ4v) is 3.22. The predicted octanol–water partition coefficient (Wildman–Crippen LogP) is 5.02. The first kappa shape index (κ1) is 17.9. The molecule has 3 rings (SSSR count). The van der Waals surface area contributed by atoms with Gasteiger partial charge in [-0.25, -0.2) is 4.98 Å². The molecule has 1 N–H and O–H groups in total. The summed E-state index contributed by atoms with van der Waals surface area (Å²) < 4.78 is 11.2. The number of hydrogen-bond acceptors (Lipinski definition) is 5. The Morgan fingerprint density at radius 1 is 1.19 bits per heavy atom. The molecule has 0 spiro atoms. The van der Waals surface area contributed by atoms with Crippen molar-refractivity contribution in [2.75, 3.05) is 13.2 Å². The van der Waals surface area contributed by atoms with E-state index in [1.54, 1.807) is 6.08 Å². The lowest BCUT2D eigenvalue weighted by Gasteiger charge is -2.10. The molecule has 0 fully saturated rings. The third-order valence-electron chi connectivity index (χ3n) is 3.57. The summed E-state index contributed by atoms with van der Waals surface area (Å²) in [5, 5.41) is 10.2. The molecule has 0 atom stereocenters. The zero-order valence-electron chi connectivity index (χ0n) is 14.7. The highest BCUT2D eigenvalue weighted by Crippen LogP contribution is 2.32. The monoisotopic (exact) mass is 365 g/mol. The number of para-hydroxylation sites is 2. The van der Waals surface area contributed by atoms with Gasteiger partial charge in [-0.3, -0.25) is 0 Å². The zero-order chi connectivity index (χ0) is 18.4. The van der Waals surface area contributed by atoms with E-state index in [1.165, 1.54) is 11.8 Å². The van der Waals surface area contributed by atoms with E-state index in [4.69, 9.17) is 9.47 Å². The first-order chi connectivity index (χ1) is 12.7. The number of hydrogen-bond donors (Lipinski definition) is 1. The van der Waals surface area contributed by atoms with Crippen LogP contribution < -0.4 is 9.47 Å². The summed E-state index contributed by atoms with van der Waals surface area (Å²) in [5.41, 5.74) is 2.65. The van der Waals surface area contributed by atoms with E-state index in [-0.39, 0.29) is 0 Å². The molecule has 0 bridgehead atoms. The molecule has 0 aliphatic rings. The highest BCUT2D eigenvalue weighted by atomic mass is 32.2. The number of benzene rings is 2. The molecular formula is C20H19N3O2S. The van der Waals surface area contributed by atoms with Crippen molar-refractivity contribution in [1.29, 1.82) is 5.26 Å². The molecule has 0 aliphatic heterocycles. The maximum atomic E-state index is 9.54. The van der Waals surface area contributed by atoms with E-state index in [2.05, 4.69) is 16.0 Å². The van der Waals surface area contributed by atoms with E-state index in [1.807, 2.05) is 56.3 Å². The van der Waals surface area contributed by atoms with Gasteiger partial charge in [-0.2, -0.15) is 5.26 Å². The molecule has 0 amide bonds. The number of imidazole rings is 1. The smallest absolute Gasteiger partial charge is 0.171 e. The van der Waals surface area contributed by atoms with Crippen molar-refractivity contribution in [3.63, 3.8) is 0 Å². The van der Waals surface area contributed by atoms with Gasteiger partial charge in [-0.15, -0.1) is 0 Å². The Morgan fingerprint density at radius 3 is 2.73 bits per heavy atom. The number of nitrogens with one attached hydrogen (secondary N) is 1. The van der Waals surface area contributed by atoms with Gasteiger partial charge in [0.05, 0.1) is 29.2 Å². The van der Waals surface area contributed by atoms with Crippen molar-refractivity contribution in [3.05, 3.63) is 52.9 Å². The summed E-state index contributed by atoms with van der Waals surface area (Å²) in [5.74, 6) is 1.44. The number of H-pyrrole nitrogens is 1. The highest BCUT2D eigenvalue weighted by Gasteiger charge is 2.09. The Bertz CT molecular complexity index is 940. The van der Waals surface area contributed by atoms with Crippen LogP contribution in [0.2, 0.25) is 0 Å². The fourth-order valence-electron chi connectivity index (χ4n) is 2.48. The number of aromatic nitrogens is 2. The van der Waals surface area contributed by atoms with Gasteiger partial charge in [-0.1, -0.05) is 12.1 Å². The number of ether oxygens (including phenoxy) is 2. The van der Waals surface area contributed by atoms with E-state index < -0.39 is 0 Å². The molecule has 0 saturated heterocycles. The van der Waals surface area contributed by atoms with Crippen LogP contribution in [0.4, 0.5) is 0 Å². The molecule has 0 radical (unpaired) electrons. The first-order valence-corrected chi connectivity index (χ1v) is 9.19. The Labute approximate surface area is 156 Å². The number of rotatable bonds is 7. The average molecular weight is 365 g/mol. The largest absolute Gasteiger partial charge is 0.494 e. The van der Waals surface area contributed by atoms with Crippen LogP contribution in [0.25, 0.3) is 17.1 Å². The lowest BCUT2D eigenvalue weighted by atomic mass is 10.1. The molecule has 0 aliphatic carbocycles. The quantitative estimate of drug-likeness (QED) is 0.470. The molecule has 1 aromatic heterocycles. The third kappa shape index (κ3) is 4.19. The highest BCUT2D eigenvalue weighted by molar-refractivity contribution is 8.03. The van der Waals surface area contributed by atoms with E-state index in [9.17, 15) is 5.26 Å². The van der Waals surface area contributed by atoms with Gasteiger partial charge < -0.3 is 14.5 Å². The average Bonchev–Trinajstić information content (AvgIpc) is 3.06. The number of fused-ring (bicyclic) bond motifs is 1. The third-order valence-corrected chi connectivity index (χ3v) is 4.38. The molecule has 6 heteroatoms. The predicted molar refractivity (Wildman–Crippen MR) is 104 cm³/mol. The molecule has 1 heterocycles. The first-order valence-electron chi connectivity index (χ1n) is 8.37. The summed E-state index contributed by atoms with van der Waals surface area (Å²) in [7, 11) is 0. The summed E-state index contributed by atoms with van der Waals surface area (Å²) in [4.78, 5) is 8.25. The minimum Gasteiger partial charge on any atom is -0.494 e. The minimum absolute atomic E-state index is 0.522. The van der Waals surface area contributed by atoms with Gasteiger partial charge in [0.15, 0.2) is 5.16 Å². The van der Waals surface area contributed by atoms with Crippen LogP contribution in [0.1, 0.15) is 19.4 Å². The number of nitriles is 1. The van der Waals surface area contributed by atoms with Crippen molar-refractivity contribution in [3.8, 4) is 17.6 Å². The normalized spacial score (nSPS) is 11.3. The number of nitrogens with zero attached hydrogens (tertiary/aromatic N) is 2. The maximum absolute atomic E-state index is 9.54. The fraction of sp³-hybridized carbons (Fsp3) is 0.200. The molecule has 2 aromatic carbocycles. The summed E-state index contributed by atoms with van der Waals surface area (Å²) in [6.45, 7) is 4.99. The summed E-state index contributed by atoms with van der Waals surface area (Å²) >= 11 is 1.30. The van der Waals surface area contributed by atoms with Gasteiger partial charge >= 0.3 is 0 Å². The van der Waals surface area contributed by atoms with Crippen molar-refractivity contribution in [2.45, 2.75) is 19.0 Å². The van der Waals surface area contributed by atoms with Crippen LogP contribution in [0.15, 0.2) is 52.5 Å². The van der Waals surface area contributed by atoms with Crippen molar-refractivity contribution in [1.82, 2.24) is 9.97 Å². The summed E-state index contributed by atoms with van der Waals surface area (Å²) in [6, 6.07) is 15.6. The van der Waals surface area contributed by atoms with Crippen LogP contribution in [-0.4, -0.2) is 23.2 Å². The van der Waals surface area contributed by atoms with Crippen LogP contribution in [-0.2, 0) is 0 Å². The second kappa shape index (κ2) is 8.45. The van der Waals surface area contributed by atoms with Crippen LogP contribution in [0, 0.1) is 11.3 Å². The molecule has 132 valence electrons. The lowest BCUT2D eigenvalue weighted by Crippen LogP contribution is -1.97. The Kier molecular flexibility index (Phi) is 5.82. The van der Waals surface area contributed by atoms with Crippen molar-refractivity contribution < 1.29 is 9.47 Å². The molecule has 5 nitrogen and oxygen atoms in total. The van der Waals surface area contributed by atoms with Gasteiger partial charge in [0, 0.05) is 11.6 Å². The lowest BCUT2D eigenvalue weighted by molar-refractivity contribution is 0.322. The van der Waals surface area contributed by atoms with Crippen LogP contribution in [0.3, 0.4) is 0 Å². The van der Waals surface area contributed by atoms with Crippen LogP contribution >= 0.6 is 11.8 Å². The van der Waals surface area contributed by atoms with Gasteiger partial charge in [0.2, 0.25) is 0 Å². The minimum atomic E-state index is 0.522. The van der Waals surface area contributed by atoms with E-state index in [0.29, 0.717) is 29.0 Å². The van der Waals surface area contributed by atoms with Gasteiger partial charge in [0.25, 0.3) is 0 Å². The zero-order valence-corrected chi connectivity index (χ0v) is 15.5. The maximum Gasteiger partial charge on any atom is 0.171 e.